The molecule has 1 heterocycles. The zero-order valence-electron chi connectivity index (χ0n) is 40.3. The van der Waals surface area contributed by atoms with Crippen molar-refractivity contribution in [2.45, 2.75) is 216 Å². The number of unbranched alkanes of at least 4 members (excludes halogenated alkanes) is 9. The van der Waals surface area contributed by atoms with Crippen LogP contribution in [0.4, 0.5) is 0 Å². The Labute approximate surface area is 410 Å². The minimum absolute atomic E-state index is 0. The van der Waals surface area contributed by atoms with Crippen LogP contribution in [0.5, 0.6) is 11.5 Å². The molecule has 1 aromatic rings. The van der Waals surface area contributed by atoms with Crippen LogP contribution in [-0.2, 0) is 20.6 Å². The van der Waals surface area contributed by atoms with Gasteiger partial charge in [-0.05, 0) is 101 Å². The molecule has 0 spiro atoms. The van der Waals surface area contributed by atoms with Crippen molar-refractivity contribution in [3.05, 3.63) is 22.3 Å². The Morgan fingerprint density at radius 2 is 1.17 bits per heavy atom. The van der Waals surface area contributed by atoms with Crippen LogP contribution in [0.1, 0.15) is 205 Å². The first kappa shape index (κ1) is 62.0. The Morgan fingerprint density at radius 1 is 0.700 bits per heavy atom. The standard InChI is InChI=1S/C29H51O5P.C18H35NO4.2Na/c1-20(2)12-9-13-21(3)14-10-15-22(4)16-11-18-29(8)19-17-26-25(7)27(34-35(30,31)32)23(5)24(6)28(26)33-29;1-2-3-4-5-6-7-8-9-10-11-14-19(15-12-17(20)21)16-13-18(22)23;;/h20-22H,9-19H2,1-8H3,(H2,30,31,32);2-16H2,1H3,(H,20,21)(H,22,23);;/q;;2*+1/t21-,22-,29-;;;/m1.../s1. The Morgan fingerprint density at radius 3 is 1.63 bits per heavy atom. The molecule has 10 nitrogen and oxygen atoms in total. The van der Waals surface area contributed by atoms with Crippen molar-refractivity contribution < 1.29 is 103 Å². The number of nitrogens with zero attached hydrogens (tertiary/aromatic N) is 1. The van der Waals surface area contributed by atoms with Crippen LogP contribution in [-0.4, -0.2) is 62.1 Å². The van der Waals surface area contributed by atoms with Crippen molar-refractivity contribution in [3.63, 3.8) is 0 Å². The van der Waals surface area contributed by atoms with Gasteiger partial charge in [-0.2, -0.15) is 0 Å². The normalized spacial score (nSPS) is 15.8. The second-order valence-corrected chi connectivity index (χ2v) is 19.5. The molecule has 0 aliphatic carbocycles. The maximum absolute atomic E-state index is 11.5. The number of fused-ring (bicyclic) bond motifs is 1. The number of carbonyl (C=O) groups is 2. The van der Waals surface area contributed by atoms with Gasteiger partial charge in [0.25, 0.3) is 0 Å². The molecule has 1 aliphatic rings. The van der Waals surface area contributed by atoms with Crippen molar-refractivity contribution in [1.82, 2.24) is 4.90 Å². The van der Waals surface area contributed by atoms with Crippen LogP contribution < -0.4 is 68.4 Å². The molecule has 60 heavy (non-hydrogen) atoms. The van der Waals surface area contributed by atoms with E-state index in [1.807, 2.05) is 25.7 Å². The maximum Gasteiger partial charge on any atom is 1.00 e. The molecular formula is C47H86NNa2O9P+2. The van der Waals surface area contributed by atoms with E-state index in [9.17, 15) is 23.9 Å². The summed E-state index contributed by atoms with van der Waals surface area (Å²) in [5.74, 6) is 1.94. The summed E-state index contributed by atoms with van der Waals surface area (Å²) in [7, 11) is -4.61. The van der Waals surface area contributed by atoms with Gasteiger partial charge in [-0.25, -0.2) is 4.57 Å². The summed E-state index contributed by atoms with van der Waals surface area (Å²) in [6, 6.07) is 0. The van der Waals surface area contributed by atoms with Gasteiger partial charge >= 0.3 is 78.9 Å². The molecule has 1 aliphatic heterocycles. The molecule has 1 aromatic carbocycles. The predicted molar refractivity (Wildman–Crippen MR) is 238 cm³/mol. The summed E-state index contributed by atoms with van der Waals surface area (Å²) in [6.45, 7) is 21.2. The fourth-order valence-electron chi connectivity index (χ4n) is 8.18. The zero-order valence-corrected chi connectivity index (χ0v) is 45.2. The third-order valence-electron chi connectivity index (χ3n) is 12.2. The molecule has 3 atom stereocenters. The van der Waals surface area contributed by atoms with Crippen LogP contribution in [0.15, 0.2) is 0 Å². The van der Waals surface area contributed by atoms with E-state index >= 15 is 0 Å². The van der Waals surface area contributed by atoms with Gasteiger partial charge in [0.15, 0.2) is 0 Å². The van der Waals surface area contributed by atoms with E-state index in [2.05, 4.69) is 41.5 Å². The van der Waals surface area contributed by atoms with E-state index < -0.39 is 19.8 Å². The third-order valence-corrected chi connectivity index (χ3v) is 12.6. The van der Waals surface area contributed by atoms with Crippen LogP contribution in [0.25, 0.3) is 0 Å². The number of phosphoric ester groups is 1. The molecule has 2 rings (SSSR count). The second-order valence-electron chi connectivity index (χ2n) is 18.3. The first-order chi connectivity index (χ1) is 27.3. The predicted octanol–water partition coefficient (Wildman–Crippen LogP) is 6.77. The number of aliphatic carboxylic acids is 2. The Bertz CT molecular complexity index is 1360. The van der Waals surface area contributed by atoms with Crippen molar-refractivity contribution in [3.8, 4) is 11.5 Å². The van der Waals surface area contributed by atoms with E-state index in [0.717, 1.165) is 90.8 Å². The average Bonchev–Trinajstić information content (AvgIpc) is 3.13. The number of benzene rings is 1. The summed E-state index contributed by atoms with van der Waals surface area (Å²) in [4.78, 5) is 41.9. The van der Waals surface area contributed by atoms with Crippen LogP contribution in [0, 0.1) is 38.5 Å². The average molecular weight is 886 g/mol. The molecule has 0 unspecified atom stereocenters. The monoisotopic (exact) mass is 886 g/mol. The summed E-state index contributed by atoms with van der Waals surface area (Å²) in [6.07, 6.45) is 26.1. The number of rotatable bonds is 31. The van der Waals surface area contributed by atoms with Gasteiger partial charge in [-0.3, -0.25) is 19.4 Å². The van der Waals surface area contributed by atoms with Gasteiger partial charge < -0.3 is 24.4 Å². The molecule has 0 amide bonds. The van der Waals surface area contributed by atoms with E-state index in [0.29, 0.717) is 18.8 Å². The van der Waals surface area contributed by atoms with Gasteiger partial charge in [0.2, 0.25) is 0 Å². The number of phosphoric acid groups is 1. The minimum Gasteiger partial charge on any atom is -0.487 e. The topological polar surface area (TPSA) is 154 Å². The molecule has 13 heteroatoms. The van der Waals surface area contributed by atoms with Crippen molar-refractivity contribution in [2.75, 3.05) is 19.6 Å². The molecule has 0 fully saturated rings. The van der Waals surface area contributed by atoms with Crippen molar-refractivity contribution >= 4 is 19.8 Å². The van der Waals surface area contributed by atoms with E-state index in [-0.39, 0.29) is 77.6 Å². The SMILES string of the molecule is CCCCCCCCCCCCN(CCC(=O)O)CCC(=O)O.Cc1c(C)c2c(c(C)c1OP(=O)(O)O)CC[C@@](C)(CCC[C@H](C)CCC[C@H](C)CCCC(C)C)O2.[Na+].[Na+]. The molecule has 0 bridgehead atoms. The van der Waals surface area contributed by atoms with Gasteiger partial charge in [0.1, 0.15) is 17.1 Å². The third kappa shape index (κ3) is 28.6. The molecule has 0 saturated heterocycles. The number of hydrogen-bond donors (Lipinski definition) is 4. The number of ether oxygens (including phenoxy) is 1. The fourth-order valence-corrected chi connectivity index (χ4v) is 8.69. The largest absolute Gasteiger partial charge is 1.00 e. The summed E-state index contributed by atoms with van der Waals surface area (Å²) < 4.78 is 23.1. The minimum atomic E-state index is -4.61. The smallest absolute Gasteiger partial charge is 0.487 e. The number of hydrogen-bond acceptors (Lipinski definition) is 6. The Hall–Kier alpha value is -0.130. The van der Waals surface area contributed by atoms with Gasteiger partial charge in [0.05, 0.1) is 12.8 Å². The fraction of sp³-hybridized carbons (Fsp3) is 0.830. The number of carboxylic acids is 2. The second kappa shape index (κ2) is 34.3. The molecule has 0 aromatic heterocycles. The van der Waals surface area contributed by atoms with Crippen LogP contribution >= 0.6 is 7.82 Å². The molecule has 0 radical (unpaired) electrons. The van der Waals surface area contributed by atoms with Gasteiger partial charge in [-0.1, -0.05) is 137 Å². The van der Waals surface area contributed by atoms with Crippen molar-refractivity contribution in [1.29, 1.82) is 0 Å². The first-order valence-corrected chi connectivity index (χ1v) is 24.5. The zero-order chi connectivity index (χ0) is 43.7. The quantitative estimate of drug-likeness (QED) is 0.0357. The summed E-state index contributed by atoms with van der Waals surface area (Å²) in [5.41, 5.74) is 3.24. The van der Waals surface area contributed by atoms with Crippen molar-refractivity contribution in [2.24, 2.45) is 17.8 Å². The molecule has 4 N–H and O–H groups in total. The van der Waals surface area contributed by atoms with Gasteiger partial charge in [-0.15, -0.1) is 0 Å². The molecule has 0 saturated carbocycles. The van der Waals surface area contributed by atoms with E-state index in [4.69, 9.17) is 19.5 Å². The number of carboxylic acid groups (broad SMARTS) is 2. The molecule has 338 valence electrons. The Balaban J connectivity index is 0. The van der Waals surface area contributed by atoms with Gasteiger partial charge in [0, 0.05) is 18.7 Å². The van der Waals surface area contributed by atoms with Crippen LogP contribution in [0.3, 0.4) is 0 Å². The maximum atomic E-state index is 11.5. The molecular weight excluding hydrogens is 799 g/mol. The first-order valence-electron chi connectivity index (χ1n) is 23.0. The van der Waals surface area contributed by atoms with E-state index in [1.165, 1.54) is 96.3 Å². The summed E-state index contributed by atoms with van der Waals surface area (Å²) in [5, 5.41) is 17.5. The van der Waals surface area contributed by atoms with E-state index in [1.54, 1.807) is 0 Å². The summed E-state index contributed by atoms with van der Waals surface area (Å²) >= 11 is 0. The van der Waals surface area contributed by atoms with Crippen LogP contribution in [0.2, 0.25) is 0 Å². The Kier molecular flexibility index (Phi) is 35.4.